The van der Waals surface area contributed by atoms with E-state index in [4.69, 9.17) is 11.6 Å². The summed E-state index contributed by atoms with van der Waals surface area (Å²) in [5, 5.41) is 3.94. The fourth-order valence-electron chi connectivity index (χ4n) is 3.37. The van der Waals surface area contributed by atoms with Crippen LogP contribution in [0.5, 0.6) is 0 Å². The van der Waals surface area contributed by atoms with Crippen molar-refractivity contribution in [1.29, 1.82) is 0 Å². The van der Waals surface area contributed by atoms with Crippen molar-refractivity contribution in [3.05, 3.63) is 112 Å². The number of thioether (sulfide) groups is 1. The standard InChI is InChI=1S/C27H25ClN4OS/c1-19-11-13-23(14-12-19)29-26(33)22-10-6-9-21(15-22)18-34-27-30-24(28)16-25(31-27)32(2)17-20-7-4-3-5-8-20/h3-16H,17-18H2,1-2H3,(H,29,33). The highest BCUT2D eigenvalue weighted by Crippen LogP contribution is 2.25. The molecule has 5 nitrogen and oxygen atoms in total. The summed E-state index contributed by atoms with van der Waals surface area (Å²) < 4.78 is 0. The van der Waals surface area contributed by atoms with E-state index < -0.39 is 0 Å². The Morgan fingerprint density at radius 3 is 2.44 bits per heavy atom. The van der Waals surface area contributed by atoms with Crippen LogP contribution in [0.4, 0.5) is 11.5 Å². The summed E-state index contributed by atoms with van der Waals surface area (Å²) in [6.45, 7) is 2.73. The summed E-state index contributed by atoms with van der Waals surface area (Å²) in [7, 11) is 1.98. The van der Waals surface area contributed by atoms with Crippen molar-refractivity contribution in [2.24, 2.45) is 0 Å². The zero-order valence-electron chi connectivity index (χ0n) is 19.0. The molecule has 0 aliphatic rings. The topological polar surface area (TPSA) is 58.1 Å². The molecule has 34 heavy (non-hydrogen) atoms. The monoisotopic (exact) mass is 488 g/mol. The molecule has 4 aromatic rings. The van der Waals surface area contributed by atoms with E-state index in [1.807, 2.05) is 85.6 Å². The quantitative estimate of drug-likeness (QED) is 0.171. The van der Waals surface area contributed by atoms with Gasteiger partial charge in [0.25, 0.3) is 5.91 Å². The van der Waals surface area contributed by atoms with Crippen LogP contribution in [0, 0.1) is 6.92 Å². The molecule has 0 spiro atoms. The summed E-state index contributed by atoms with van der Waals surface area (Å²) in [6.07, 6.45) is 0. The molecule has 0 aliphatic carbocycles. The van der Waals surface area contributed by atoms with Gasteiger partial charge in [-0.25, -0.2) is 9.97 Å². The summed E-state index contributed by atoms with van der Waals surface area (Å²) >= 11 is 7.77. The minimum Gasteiger partial charge on any atom is -0.355 e. The third kappa shape index (κ3) is 6.59. The number of benzene rings is 3. The minimum absolute atomic E-state index is 0.139. The van der Waals surface area contributed by atoms with Crippen LogP contribution < -0.4 is 10.2 Å². The first-order valence-corrected chi connectivity index (χ1v) is 12.2. The SMILES string of the molecule is Cc1ccc(NC(=O)c2cccc(CSc3nc(Cl)cc(N(C)Cc4ccccc4)n3)c2)cc1. The first-order valence-electron chi connectivity index (χ1n) is 10.9. The summed E-state index contributed by atoms with van der Waals surface area (Å²) in [4.78, 5) is 23.8. The van der Waals surface area contributed by atoms with E-state index in [2.05, 4.69) is 27.4 Å². The van der Waals surface area contributed by atoms with Gasteiger partial charge in [0.15, 0.2) is 5.16 Å². The Bertz CT molecular complexity index is 1270. The molecule has 4 rings (SSSR count). The smallest absolute Gasteiger partial charge is 0.255 e. The molecule has 1 amide bonds. The van der Waals surface area contributed by atoms with Crippen molar-refractivity contribution in [2.45, 2.75) is 24.4 Å². The Balaban J connectivity index is 1.41. The molecular formula is C27H25ClN4OS. The van der Waals surface area contributed by atoms with Gasteiger partial charge in [0.1, 0.15) is 11.0 Å². The van der Waals surface area contributed by atoms with Gasteiger partial charge in [-0.1, -0.05) is 83.5 Å². The Morgan fingerprint density at radius 1 is 0.941 bits per heavy atom. The van der Waals surface area contributed by atoms with E-state index in [0.29, 0.717) is 21.6 Å². The number of hydrogen-bond acceptors (Lipinski definition) is 5. The molecule has 1 aromatic heterocycles. The number of carbonyl (C=O) groups excluding carboxylic acids is 1. The number of nitrogens with zero attached hydrogens (tertiary/aromatic N) is 3. The van der Waals surface area contributed by atoms with Gasteiger partial charge in [0, 0.05) is 36.7 Å². The fraction of sp³-hybridized carbons (Fsp3) is 0.148. The van der Waals surface area contributed by atoms with E-state index in [0.717, 1.165) is 29.2 Å². The highest BCUT2D eigenvalue weighted by atomic mass is 35.5. The van der Waals surface area contributed by atoms with Crippen molar-refractivity contribution in [3.8, 4) is 0 Å². The average molecular weight is 489 g/mol. The van der Waals surface area contributed by atoms with Crippen molar-refractivity contribution in [3.63, 3.8) is 0 Å². The second-order valence-corrected chi connectivity index (χ2v) is 9.31. The van der Waals surface area contributed by atoms with Crippen LogP contribution in [0.25, 0.3) is 0 Å². The van der Waals surface area contributed by atoms with Crippen LogP contribution in [0.2, 0.25) is 5.15 Å². The second kappa shape index (κ2) is 11.2. The molecule has 0 saturated carbocycles. The minimum atomic E-state index is -0.139. The maximum absolute atomic E-state index is 12.7. The summed E-state index contributed by atoms with van der Waals surface area (Å²) in [5.74, 6) is 1.24. The van der Waals surface area contributed by atoms with E-state index >= 15 is 0 Å². The lowest BCUT2D eigenvalue weighted by atomic mass is 10.1. The Kier molecular flexibility index (Phi) is 7.83. The Labute approximate surface area is 209 Å². The third-order valence-corrected chi connectivity index (χ3v) is 6.29. The molecule has 7 heteroatoms. The first-order chi connectivity index (χ1) is 16.5. The molecule has 0 fully saturated rings. The zero-order chi connectivity index (χ0) is 23.9. The lowest BCUT2D eigenvalue weighted by Gasteiger charge is -2.19. The predicted octanol–water partition coefficient (Wildman–Crippen LogP) is 6.62. The van der Waals surface area contributed by atoms with E-state index in [-0.39, 0.29) is 5.91 Å². The highest BCUT2D eigenvalue weighted by Gasteiger charge is 2.11. The van der Waals surface area contributed by atoms with Gasteiger partial charge in [0.2, 0.25) is 0 Å². The van der Waals surface area contributed by atoms with Crippen molar-refractivity contribution in [2.75, 3.05) is 17.3 Å². The second-order valence-electron chi connectivity index (χ2n) is 7.98. The van der Waals surface area contributed by atoms with Crippen LogP contribution in [0.1, 0.15) is 27.0 Å². The molecule has 0 saturated heterocycles. The average Bonchev–Trinajstić information content (AvgIpc) is 2.84. The largest absolute Gasteiger partial charge is 0.355 e. The number of aryl methyl sites for hydroxylation is 1. The fourth-order valence-corrected chi connectivity index (χ4v) is 4.40. The molecule has 0 radical (unpaired) electrons. The summed E-state index contributed by atoms with van der Waals surface area (Å²) in [5.41, 5.74) is 4.72. The van der Waals surface area contributed by atoms with Gasteiger partial charge >= 0.3 is 0 Å². The van der Waals surface area contributed by atoms with Gasteiger partial charge < -0.3 is 10.2 Å². The molecule has 0 atom stereocenters. The van der Waals surface area contributed by atoms with Crippen LogP contribution in [0.3, 0.4) is 0 Å². The highest BCUT2D eigenvalue weighted by molar-refractivity contribution is 7.98. The number of nitrogens with one attached hydrogen (secondary N) is 1. The van der Waals surface area contributed by atoms with Gasteiger partial charge in [-0.2, -0.15) is 0 Å². The van der Waals surface area contributed by atoms with Crippen molar-refractivity contribution >= 4 is 40.8 Å². The maximum atomic E-state index is 12.7. The van der Waals surface area contributed by atoms with Crippen molar-refractivity contribution < 1.29 is 4.79 Å². The number of anilines is 2. The molecular weight excluding hydrogens is 464 g/mol. The van der Waals surface area contributed by atoms with Crippen LogP contribution in [-0.2, 0) is 12.3 Å². The van der Waals surface area contributed by atoms with Gasteiger partial charge in [-0.15, -0.1) is 0 Å². The number of rotatable bonds is 8. The number of hydrogen-bond donors (Lipinski definition) is 1. The zero-order valence-corrected chi connectivity index (χ0v) is 20.6. The summed E-state index contributed by atoms with van der Waals surface area (Å²) in [6, 6.07) is 27.3. The van der Waals surface area contributed by atoms with Gasteiger partial charge in [0.05, 0.1) is 0 Å². The molecule has 0 unspecified atom stereocenters. The van der Waals surface area contributed by atoms with Crippen LogP contribution >= 0.6 is 23.4 Å². The first kappa shape index (κ1) is 23.8. The van der Waals surface area contributed by atoms with E-state index in [9.17, 15) is 4.79 Å². The lowest BCUT2D eigenvalue weighted by Crippen LogP contribution is -2.18. The Hall–Kier alpha value is -3.35. The predicted molar refractivity (Wildman–Crippen MR) is 141 cm³/mol. The molecule has 3 aromatic carbocycles. The normalized spacial score (nSPS) is 10.7. The number of aromatic nitrogens is 2. The van der Waals surface area contributed by atoms with E-state index in [1.54, 1.807) is 6.07 Å². The Morgan fingerprint density at radius 2 is 1.68 bits per heavy atom. The van der Waals surface area contributed by atoms with Crippen molar-refractivity contribution in [1.82, 2.24) is 9.97 Å². The number of amides is 1. The van der Waals surface area contributed by atoms with Crippen LogP contribution in [-0.4, -0.2) is 22.9 Å². The number of carbonyl (C=O) groups is 1. The maximum Gasteiger partial charge on any atom is 0.255 e. The molecule has 0 aliphatic heterocycles. The lowest BCUT2D eigenvalue weighted by molar-refractivity contribution is 0.102. The molecule has 1 heterocycles. The number of halogens is 1. The van der Waals surface area contributed by atoms with Gasteiger partial charge in [-0.05, 0) is 42.3 Å². The van der Waals surface area contributed by atoms with Crippen LogP contribution in [0.15, 0.2) is 90.1 Å². The van der Waals surface area contributed by atoms with Gasteiger partial charge in [-0.3, -0.25) is 4.79 Å². The molecule has 0 bridgehead atoms. The molecule has 1 N–H and O–H groups in total. The molecule has 172 valence electrons. The van der Waals surface area contributed by atoms with E-state index in [1.165, 1.54) is 17.3 Å². The third-order valence-electron chi connectivity index (χ3n) is 5.18.